The van der Waals surface area contributed by atoms with E-state index in [1.807, 2.05) is 5.32 Å². The molecule has 3 heterocycles. The minimum absolute atomic E-state index is 0.00632. The normalized spacial score (nSPS) is 17.3. The van der Waals surface area contributed by atoms with Crippen LogP contribution in [0.25, 0.3) is 22.2 Å². The van der Waals surface area contributed by atoms with Gasteiger partial charge in [0.1, 0.15) is 47.2 Å². The van der Waals surface area contributed by atoms with Gasteiger partial charge in [0.2, 0.25) is 11.5 Å². The predicted octanol–water partition coefficient (Wildman–Crippen LogP) is 5.36. The topological polar surface area (TPSA) is 137 Å². The van der Waals surface area contributed by atoms with Crippen LogP contribution in [0.1, 0.15) is 34.1 Å². The Balaban J connectivity index is 1.58. The second kappa shape index (κ2) is 12.2. The van der Waals surface area contributed by atoms with Gasteiger partial charge in [-0.25, -0.2) is 18.2 Å². The summed E-state index contributed by atoms with van der Waals surface area (Å²) in [7, 11) is 0. The van der Waals surface area contributed by atoms with E-state index in [4.69, 9.17) is 26.8 Å². The van der Waals surface area contributed by atoms with Gasteiger partial charge < -0.3 is 25.6 Å². The molecule has 47 heavy (non-hydrogen) atoms. The van der Waals surface area contributed by atoms with Crippen molar-refractivity contribution in [2.24, 2.45) is 5.73 Å². The fraction of sp³-hybridized carbons (Fsp3) is 0.290. The second-order valence-corrected chi connectivity index (χ2v) is 11.6. The van der Waals surface area contributed by atoms with Crippen molar-refractivity contribution in [2.75, 3.05) is 19.8 Å². The first-order valence-electron chi connectivity index (χ1n) is 13.8. The summed E-state index contributed by atoms with van der Waals surface area (Å²) >= 11 is 5.91. The van der Waals surface area contributed by atoms with E-state index in [9.17, 15) is 41.0 Å². The molecule has 2 aromatic carbocycles. The second-order valence-electron chi connectivity index (χ2n) is 11.1. The number of hydrogen-bond acceptors (Lipinski definition) is 7. The van der Waals surface area contributed by atoms with E-state index in [1.54, 1.807) is 13.0 Å². The molecule has 16 heteroatoms. The van der Waals surface area contributed by atoms with Crippen LogP contribution in [0.15, 0.2) is 48.7 Å². The van der Waals surface area contributed by atoms with Gasteiger partial charge in [-0.15, -0.1) is 0 Å². The van der Waals surface area contributed by atoms with Gasteiger partial charge in [0.05, 0.1) is 17.3 Å². The Morgan fingerprint density at radius 1 is 1.19 bits per heavy atom. The lowest BCUT2D eigenvalue weighted by atomic mass is 9.81. The van der Waals surface area contributed by atoms with Gasteiger partial charge in [-0.1, -0.05) is 11.6 Å². The zero-order chi connectivity index (χ0) is 34.5. The number of hydrogen-bond donors (Lipinski definition) is 3. The largest absolute Gasteiger partial charge is 0.489 e. The monoisotopic (exact) mass is 682 g/mol. The van der Waals surface area contributed by atoms with Crippen LogP contribution in [0, 0.1) is 12.7 Å². The standard InChI is InChI=1S/C31H25ClF6N4O5/c1-14-5-16-6-17(8-21(24(16)40-10-14)46-11-23(34)35)27(43)41-12-30(45,31(36,37)38)22-9-18-26(47-13-29(18,2)28(39)44)25(42-22)15-3-4-20(33)19(32)7-15/h3-10,23,45H,11-13H2,1-2H3,(H2,39,44)(H,41,43)/t29-,30-/m0/s1. The average molecular weight is 683 g/mol. The Hall–Kier alpha value is -4.63. The van der Waals surface area contributed by atoms with Gasteiger partial charge in [-0.3, -0.25) is 14.6 Å². The summed E-state index contributed by atoms with van der Waals surface area (Å²) < 4.78 is 94.8. The number of primary amides is 1. The third-order valence-corrected chi connectivity index (χ3v) is 8.01. The van der Waals surface area contributed by atoms with Crippen LogP contribution < -0.4 is 20.5 Å². The molecule has 0 radical (unpaired) electrons. The van der Waals surface area contributed by atoms with Crippen molar-refractivity contribution in [1.29, 1.82) is 0 Å². The van der Waals surface area contributed by atoms with Crippen molar-refractivity contribution >= 4 is 34.3 Å². The molecule has 0 fully saturated rings. The minimum Gasteiger partial charge on any atom is -0.489 e. The fourth-order valence-electron chi connectivity index (χ4n) is 5.01. The lowest BCUT2D eigenvalue weighted by Gasteiger charge is -2.31. The third kappa shape index (κ3) is 6.24. The van der Waals surface area contributed by atoms with Crippen molar-refractivity contribution in [3.8, 4) is 22.8 Å². The third-order valence-electron chi connectivity index (χ3n) is 7.72. The summed E-state index contributed by atoms with van der Waals surface area (Å²) in [5.74, 6) is -3.26. The molecule has 2 aromatic heterocycles. The highest BCUT2D eigenvalue weighted by atomic mass is 35.5. The molecule has 4 aromatic rings. The molecule has 0 unspecified atom stereocenters. The number of aryl methyl sites for hydroxylation is 1. The highest BCUT2D eigenvalue weighted by Gasteiger charge is 2.57. The summed E-state index contributed by atoms with van der Waals surface area (Å²) in [6.45, 7) is 0.0938. The van der Waals surface area contributed by atoms with E-state index in [0.29, 0.717) is 5.56 Å². The van der Waals surface area contributed by atoms with Crippen LogP contribution in [-0.4, -0.2) is 59.2 Å². The Morgan fingerprint density at radius 3 is 2.55 bits per heavy atom. The number of pyridine rings is 2. The molecule has 1 aliphatic heterocycles. The van der Waals surface area contributed by atoms with Gasteiger partial charge in [0, 0.05) is 28.3 Å². The predicted molar refractivity (Wildman–Crippen MR) is 157 cm³/mol. The maximum atomic E-state index is 14.8. The van der Waals surface area contributed by atoms with E-state index < -0.39 is 65.1 Å². The Bertz CT molecular complexity index is 1910. The number of ether oxygens (including phenoxy) is 2. The lowest BCUT2D eigenvalue weighted by Crippen LogP contribution is -2.51. The summed E-state index contributed by atoms with van der Waals surface area (Å²) in [6, 6.07) is 7.86. The van der Waals surface area contributed by atoms with Crippen LogP contribution in [-0.2, 0) is 15.8 Å². The van der Waals surface area contributed by atoms with Crippen molar-refractivity contribution in [3.63, 3.8) is 0 Å². The quantitative estimate of drug-likeness (QED) is 0.202. The molecule has 2 atom stereocenters. The Morgan fingerprint density at radius 2 is 1.91 bits per heavy atom. The van der Waals surface area contributed by atoms with Gasteiger partial charge in [0.25, 0.3) is 12.3 Å². The molecule has 248 valence electrons. The van der Waals surface area contributed by atoms with Crippen LogP contribution in [0.4, 0.5) is 26.3 Å². The van der Waals surface area contributed by atoms with Crippen molar-refractivity contribution in [1.82, 2.24) is 15.3 Å². The van der Waals surface area contributed by atoms with E-state index in [-0.39, 0.29) is 51.4 Å². The molecule has 0 bridgehead atoms. The van der Waals surface area contributed by atoms with Gasteiger partial charge in [0.15, 0.2) is 0 Å². The summed E-state index contributed by atoms with van der Waals surface area (Å²) in [5, 5.41) is 13.2. The zero-order valence-corrected chi connectivity index (χ0v) is 25.3. The number of carbonyl (C=O) groups is 2. The SMILES string of the molecule is Cc1cnc2c(OCC(F)F)cc(C(=O)NC[C@](O)(c3cc4c(c(-c5ccc(F)c(Cl)c5)n3)OC[C@]4(C)C(N)=O)C(F)(F)F)cc2c1. The van der Waals surface area contributed by atoms with Crippen molar-refractivity contribution in [3.05, 3.63) is 81.9 Å². The molecular formula is C31H25ClF6N4O5. The number of rotatable bonds is 9. The van der Waals surface area contributed by atoms with Gasteiger partial charge in [-0.2, -0.15) is 13.2 Å². The number of nitrogens with one attached hydrogen (secondary N) is 1. The molecular weight excluding hydrogens is 658 g/mol. The number of benzene rings is 2. The maximum absolute atomic E-state index is 14.8. The molecule has 0 saturated carbocycles. The number of nitrogens with zero attached hydrogens (tertiary/aromatic N) is 2. The van der Waals surface area contributed by atoms with E-state index in [2.05, 4.69) is 9.97 Å². The van der Waals surface area contributed by atoms with E-state index in [0.717, 1.165) is 30.3 Å². The maximum Gasteiger partial charge on any atom is 0.424 e. The number of aliphatic hydroxyl groups is 1. The molecule has 0 aliphatic carbocycles. The highest BCUT2D eigenvalue weighted by Crippen LogP contribution is 2.48. The highest BCUT2D eigenvalue weighted by molar-refractivity contribution is 6.31. The average Bonchev–Trinajstić information content (AvgIpc) is 3.36. The van der Waals surface area contributed by atoms with Crippen molar-refractivity contribution in [2.45, 2.75) is 37.5 Å². The molecule has 4 N–H and O–H groups in total. The first kappa shape index (κ1) is 33.7. The Kier molecular flexibility index (Phi) is 8.75. The number of carbonyl (C=O) groups excluding carboxylic acids is 2. The lowest BCUT2D eigenvalue weighted by molar-refractivity contribution is -0.265. The van der Waals surface area contributed by atoms with Crippen LogP contribution in [0.3, 0.4) is 0 Å². The van der Waals surface area contributed by atoms with Gasteiger partial charge in [-0.05, 0) is 61.9 Å². The molecule has 5 rings (SSSR count). The Labute approximate surface area is 267 Å². The first-order valence-corrected chi connectivity index (χ1v) is 14.1. The van der Waals surface area contributed by atoms with Crippen LogP contribution in [0.5, 0.6) is 11.5 Å². The van der Waals surface area contributed by atoms with Crippen LogP contribution >= 0.6 is 11.6 Å². The van der Waals surface area contributed by atoms with Gasteiger partial charge >= 0.3 is 6.18 Å². The number of halogens is 7. The van der Waals surface area contributed by atoms with Crippen LogP contribution in [0.2, 0.25) is 5.02 Å². The number of nitrogens with two attached hydrogens (primary N) is 1. The minimum atomic E-state index is -5.47. The molecule has 2 amide bonds. The fourth-order valence-corrected chi connectivity index (χ4v) is 5.19. The molecule has 0 saturated heterocycles. The zero-order valence-electron chi connectivity index (χ0n) is 24.5. The summed E-state index contributed by atoms with van der Waals surface area (Å²) in [5.41, 5.74) is -0.968. The molecule has 0 spiro atoms. The number of amides is 2. The number of aromatic nitrogens is 2. The smallest absolute Gasteiger partial charge is 0.424 e. The summed E-state index contributed by atoms with van der Waals surface area (Å²) in [6.07, 6.45) is -6.91. The van der Waals surface area contributed by atoms with E-state index in [1.165, 1.54) is 19.2 Å². The summed E-state index contributed by atoms with van der Waals surface area (Å²) in [4.78, 5) is 33.8. The van der Waals surface area contributed by atoms with E-state index >= 15 is 0 Å². The first-order chi connectivity index (χ1) is 21.9. The van der Waals surface area contributed by atoms with Crippen molar-refractivity contribution < 1.29 is 50.5 Å². The number of alkyl halides is 5. The molecule has 9 nitrogen and oxygen atoms in total. The molecule has 1 aliphatic rings. The number of fused-ring (bicyclic) bond motifs is 2.